The summed E-state index contributed by atoms with van der Waals surface area (Å²) in [4.78, 5) is 11.0. The average molecular weight is 219 g/mol. The van der Waals surface area contributed by atoms with Crippen LogP contribution in [0.3, 0.4) is 0 Å². The monoisotopic (exact) mass is 219 g/mol. The number of hydrogen-bond acceptors (Lipinski definition) is 4. The van der Waals surface area contributed by atoms with E-state index in [1.165, 1.54) is 4.68 Å². The van der Waals surface area contributed by atoms with Crippen molar-refractivity contribution in [2.24, 2.45) is 12.8 Å². The molecular weight excluding hydrogens is 206 g/mol. The fourth-order valence-corrected chi connectivity index (χ4v) is 1.43. The van der Waals surface area contributed by atoms with Crippen molar-refractivity contribution in [3.8, 4) is 0 Å². The van der Waals surface area contributed by atoms with E-state index in [4.69, 9.17) is 10.2 Å². The van der Waals surface area contributed by atoms with Crippen molar-refractivity contribution in [1.29, 1.82) is 0 Å². The van der Waals surface area contributed by atoms with Gasteiger partial charge in [0, 0.05) is 13.6 Å². The molecule has 1 aromatic heterocycles. The van der Waals surface area contributed by atoms with E-state index in [-0.39, 0.29) is 0 Å². The SMILES string of the molecule is Cn1nc(Cc2ccc(CN)cc2)oc1=O. The lowest BCUT2D eigenvalue weighted by atomic mass is 10.1. The van der Waals surface area contributed by atoms with Crippen LogP contribution in [0.15, 0.2) is 33.5 Å². The Balaban J connectivity index is 2.17. The largest absolute Gasteiger partial charge is 0.436 e. The molecule has 1 heterocycles. The molecule has 16 heavy (non-hydrogen) atoms. The molecule has 2 N–H and O–H groups in total. The molecule has 5 nitrogen and oxygen atoms in total. The Bertz CT molecular complexity index is 525. The van der Waals surface area contributed by atoms with Gasteiger partial charge in [0.15, 0.2) is 0 Å². The fraction of sp³-hybridized carbons (Fsp3) is 0.273. The summed E-state index contributed by atoms with van der Waals surface area (Å²) in [6.45, 7) is 0.527. The molecule has 0 aliphatic carbocycles. The van der Waals surface area contributed by atoms with Crippen LogP contribution >= 0.6 is 0 Å². The van der Waals surface area contributed by atoms with Gasteiger partial charge in [-0.25, -0.2) is 4.79 Å². The number of rotatable bonds is 3. The molecule has 0 saturated heterocycles. The van der Waals surface area contributed by atoms with Gasteiger partial charge in [0.05, 0.1) is 6.42 Å². The molecule has 0 saturated carbocycles. The number of aromatic nitrogens is 2. The Kier molecular flexibility index (Phi) is 2.87. The average Bonchev–Trinajstić information content (AvgIpc) is 2.59. The minimum absolute atomic E-state index is 0.424. The highest BCUT2D eigenvalue weighted by Gasteiger charge is 2.05. The summed E-state index contributed by atoms with van der Waals surface area (Å²) in [6, 6.07) is 7.82. The first kappa shape index (κ1) is 10.6. The summed E-state index contributed by atoms with van der Waals surface area (Å²) in [5.74, 6) is -0.0124. The third-order valence-corrected chi connectivity index (χ3v) is 2.34. The maximum atomic E-state index is 11.0. The molecule has 2 aromatic rings. The number of benzene rings is 1. The molecule has 0 atom stereocenters. The van der Waals surface area contributed by atoms with Crippen LogP contribution in [0.2, 0.25) is 0 Å². The van der Waals surface area contributed by atoms with E-state index in [1.54, 1.807) is 7.05 Å². The molecule has 0 spiro atoms. The number of nitrogens with zero attached hydrogens (tertiary/aromatic N) is 2. The standard InChI is InChI=1S/C11H13N3O2/c1-14-11(15)16-10(13-14)6-8-2-4-9(7-12)5-3-8/h2-5H,6-7,12H2,1H3. The first-order chi connectivity index (χ1) is 7.69. The summed E-state index contributed by atoms with van der Waals surface area (Å²) in [5.41, 5.74) is 7.62. The predicted octanol–water partition coefficient (Wildman–Crippen LogP) is 0.423. The van der Waals surface area contributed by atoms with E-state index >= 15 is 0 Å². The Hall–Kier alpha value is -1.88. The van der Waals surface area contributed by atoms with Crippen LogP contribution in [-0.4, -0.2) is 9.78 Å². The van der Waals surface area contributed by atoms with Gasteiger partial charge >= 0.3 is 5.76 Å². The highest BCUT2D eigenvalue weighted by atomic mass is 16.4. The van der Waals surface area contributed by atoms with Gasteiger partial charge in [-0.15, -0.1) is 5.10 Å². The van der Waals surface area contributed by atoms with Crippen molar-refractivity contribution in [3.63, 3.8) is 0 Å². The van der Waals surface area contributed by atoms with E-state index in [9.17, 15) is 4.79 Å². The Morgan fingerprint density at radius 1 is 1.31 bits per heavy atom. The highest BCUT2D eigenvalue weighted by molar-refractivity contribution is 5.24. The van der Waals surface area contributed by atoms with Gasteiger partial charge in [-0.1, -0.05) is 24.3 Å². The van der Waals surface area contributed by atoms with Crippen LogP contribution in [0.5, 0.6) is 0 Å². The molecule has 0 radical (unpaired) electrons. The van der Waals surface area contributed by atoms with E-state index in [1.807, 2.05) is 24.3 Å². The third kappa shape index (κ3) is 2.20. The third-order valence-electron chi connectivity index (χ3n) is 2.34. The van der Waals surface area contributed by atoms with Gasteiger partial charge in [0.2, 0.25) is 5.89 Å². The Labute approximate surface area is 92.5 Å². The van der Waals surface area contributed by atoms with E-state index in [0.717, 1.165) is 11.1 Å². The molecule has 0 amide bonds. The van der Waals surface area contributed by atoms with Crippen molar-refractivity contribution in [2.45, 2.75) is 13.0 Å². The lowest BCUT2D eigenvalue weighted by Crippen LogP contribution is -2.09. The lowest BCUT2D eigenvalue weighted by molar-refractivity contribution is 0.462. The lowest BCUT2D eigenvalue weighted by Gasteiger charge is -1.99. The molecule has 0 unspecified atom stereocenters. The Morgan fingerprint density at radius 3 is 2.44 bits per heavy atom. The summed E-state index contributed by atoms with van der Waals surface area (Å²) in [6.07, 6.45) is 0.515. The van der Waals surface area contributed by atoms with Gasteiger partial charge in [-0.3, -0.25) is 0 Å². The number of hydrogen-bond donors (Lipinski definition) is 1. The highest BCUT2D eigenvalue weighted by Crippen LogP contribution is 2.07. The van der Waals surface area contributed by atoms with Crippen LogP contribution in [0.25, 0.3) is 0 Å². The van der Waals surface area contributed by atoms with Gasteiger partial charge in [-0.2, -0.15) is 4.68 Å². The molecule has 2 rings (SSSR count). The topological polar surface area (TPSA) is 74.1 Å². The van der Waals surface area contributed by atoms with Gasteiger partial charge in [0.1, 0.15) is 0 Å². The van der Waals surface area contributed by atoms with Crippen LogP contribution < -0.4 is 11.5 Å². The smallest absolute Gasteiger partial charge is 0.392 e. The second-order valence-electron chi connectivity index (χ2n) is 3.58. The van der Waals surface area contributed by atoms with Gasteiger partial charge in [0.25, 0.3) is 0 Å². The van der Waals surface area contributed by atoms with Crippen molar-refractivity contribution >= 4 is 0 Å². The molecule has 0 bridgehead atoms. The normalized spacial score (nSPS) is 10.6. The number of aryl methyl sites for hydroxylation is 1. The molecule has 0 aliphatic heterocycles. The van der Waals surface area contributed by atoms with E-state index < -0.39 is 5.76 Å². The quantitative estimate of drug-likeness (QED) is 0.812. The molecule has 5 heteroatoms. The summed E-state index contributed by atoms with van der Waals surface area (Å²) in [5, 5.41) is 3.96. The van der Waals surface area contributed by atoms with Crippen LogP contribution in [0, 0.1) is 0 Å². The number of nitrogens with two attached hydrogens (primary N) is 1. The van der Waals surface area contributed by atoms with Crippen LogP contribution in [-0.2, 0) is 20.0 Å². The predicted molar refractivity (Wildman–Crippen MR) is 58.9 cm³/mol. The summed E-state index contributed by atoms with van der Waals surface area (Å²) >= 11 is 0. The zero-order valence-corrected chi connectivity index (χ0v) is 9.01. The molecular formula is C11H13N3O2. The maximum Gasteiger partial charge on any atom is 0.436 e. The molecule has 84 valence electrons. The van der Waals surface area contributed by atoms with Crippen molar-refractivity contribution in [2.75, 3.05) is 0 Å². The summed E-state index contributed by atoms with van der Waals surface area (Å²) in [7, 11) is 1.56. The molecule has 1 aromatic carbocycles. The van der Waals surface area contributed by atoms with Gasteiger partial charge in [-0.05, 0) is 11.1 Å². The summed E-state index contributed by atoms with van der Waals surface area (Å²) < 4.78 is 6.13. The first-order valence-corrected chi connectivity index (χ1v) is 5.00. The van der Waals surface area contributed by atoms with Crippen molar-refractivity contribution < 1.29 is 4.42 Å². The van der Waals surface area contributed by atoms with Gasteiger partial charge < -0.3 is 10.2 Å². The van der Waals surface area contributed by atoms with E-state index in [0.29, 0.717) is 18.9 Å². The zero-order chi connectivity index (χ0) is 11.5. The van der Waals surface area contributed by atoms with Crippen LogP contribution in [0.1, 0.15) is 17.0 Å². The minimum atomic E-state index is -0.437. The Morgan fingerprint density at radius 2 is 1.94 bits per heavy atom. The fourth-order valence-electron chi connectivity index (χ4n) is 1.43. The van der Waals surface area contributed by atoms with Crippen molar-refractivity contribution in [3.05, 3.63) is 51.8 Å². The zero-order valence-electron chi connectivity index (χ0n) is 9.01. The first-order valence-electron chi connectivity index (χ1n) is 5.00. The molecule has 0 aliphatic rings. The minimum Gasteiger partial charge on any atom is -0.392 e. The van der Waals surface area contributed by atoms with Crippen LogP contribution in [0.4, 0.5) is 0 Å². The maximum absolute atomic E-state index is 11.0. The molecule has 0 fully saturated rings. The second kappa shape index (κ2) is 4.32. The van der Waals surface area contributed by atoms with E-state index in [2.05, 4.69) is 5.10 Å². The van der Waals surface area contributed by atoms with Crippen molar-refractivity contribution in [1.82, 2.24) is 9.78 Å². The second-order valence-corrected chi connectivity index (χ2v) is 3.58.